The van der Waals surface area contributed by atoms with E-state index in [0.29, 0.717) is 6.42 Å². The van der Waals surface area contributed by atoms with E-state index in [0.717, 1.165) is 29.9 Å². The first-order chi connectivity index (χ1) is 9.15. The van der Waals surface area contributed by atoms with E-state index in [4.69, 9.17) is 0 Å². The highest BCUT2D eigenvalue weighted by Crippen LogP contribution is 2.22. The van der Waals surface area contributed by atoms with Crippen molar-refractivity contribution in [1.29, 1.82) is 0 Å². The van der Waals surface area contributed by atoms with E-state index in [-0.39, 0.29) is 0 Å². The van der Waals surface area contributed by atoms with Gasteiger partial charge in [0.05, 0.1) is 11.8 Å². The van der Waals surface area contributed by atoms with Gasteiger partial charge in [0.1, 0.15) is 0 Å². The number of aliphatic hydroxyl groups excluding tert-OH is 1. The molecule has 0 saturated carbocycles. The first kappa shape index (κ1) is 13.8. The molecule has 0 aliphatic heterocycles. The van der Waals surface area contributed by atoms with E-state index < -0.39 is 6.10 Å². The smallest absolute Gasteiger partial charge is 0.0847 e. The predicted molar refractivity (Wildman–Crippen MR) is 77.1 cm³/mol. The molecule has 1 aromatic heterocycles. The summed E-state index contributed by atoms with van der Waals surface area (Å²) in [6.07, 6.45) is 1.10. The third-order valence-electron chi connectivity index (χ3n) is 3.48. The zero-order valence-corrected chi connectivity index (χ0v) is 11.9. The molecule has 0 radical (unpaired) electrons. The van der Waals surface area contributed by atoms with E-state index in [1.807, 2.05) is 29.8 Å². The lowest BCUT2D eigenvalue weighted by Gasteiger charge is -2.15. The van der Waals surface area contributed by atoms with Crippen LogP contribution in [0.25, 0.3) is 0 Å². The molecule has 1 heterocycles. The standard InChI is InChI=1S/C16H22N2O/c1-4-13-8-6-7-9-15(13)16(19)11-14-10-12(3)17-18(14)5-2/h6-10,16,19H,4-5,11H2,1-3H3. The topological polar surface area (TPSA) is 38.1 Å². The summed E-state index contributed by atoms with van der Waals surface area (Å²) in [6.45, 7) is 7.02. The first-order valence-corrected chi connectivity index (χ1v) is 6.94. The Bertz CT molecular complexity index is 545. The summed E-state index contributed by atoms with van der Waals surface area (Å²) in [4.78, 5) is 0. The molecule has 1 atom stereocenters. The Hall–Kier alpha value is -1.61. The van der Waals surface area contributed by atoms with Gasteiger partial charge in [-0.05, 0) is 37.5 Å². The van der Waals surface area contributed by atoms with Gasteiger partial charge in [-0.25, -0.2) is 0 Å². The SMILES string of the molecule is CCc1ccccc1C(O)Cc1cc(C)nn1CC. The minimum Gasteiger partial charge on any atom is -0.388 e. The Kier molecular flexibility index (Phi) is 4.38. The fraction of sp³-hybridized carbons (Fsp3) is 0.438. The Morgan fingerprint density at radius 3 is 2.68 bits per heavy atom. The van der Waals surface area contributed by atoms with Crippen LogP contribution in [0.1, 0.15) is 42.5 Å². The largest absolute Gasteiger partial charge is 0.388 e. The molecule has 3 heteroatoms. The van der Waals surface area contributed by atoms with Gasteiger partial charge in [-0.1, -0.05) is 31.2 Å². The molecule has 2 aromatic rings. The number of nitrogens with zero attached hydrogens (tertiary/aromatic N) is 2. The third kappa shape index (κ3) is 3.04. The molecule has 0 aliphatic carbocycles. The minimum atomic E-state index is -0.461. The molecule has 0 aliphatic rings. The van der Waals surface area contributed by atoms with E-state index in [1.165, 1.54) is 5.56 Å². The number of hydrogen-bond acceptors (Lipinski definition) is 2. The van der Waals surface area contributed by atoms with Crippen LogP contribution >= 0.6 is 0 Å². The monoisotopic (exact) mass is 258 g/mol. The van der Waals surface area contributed by atoms with E-state index in [9.17, 15) is 5.11 Å². The maximum Gasteiger partial charge on any atom is 0.0847 e. The summed E-state index contributed by atoms with van der Waals surface area (Å²) in [6, 6.07) is 10.2. The highest BCUT2D eigenvalue weighted by Gasteiger charge is 2.14. The Morgan fingerprint density at radius 1 is 1.26 bits per heavy atom. The molecule has 19 heavy (non-hydrogen) atoms. The van der Waals surface area contributed by atoms with Crippen LogP contribution < -0.4 is 0 Å². The average Bonchev–Trinajstić information content (AvgIpc) is 2.78. The van der Waals surface area contributed by atoms with Crippen LogP contribution in [0.3, 0.4) is 0 Å². The number of aromatic nitrogens is 2. The van der Waals surface area contributed by atoms with Crippen molar-refractivity contribution in [1.82, 2.24) is 9.78 Å². The van der Waals surface area contributed by atoms with E-state index >= 15 is 0 Å². The molecule has 102 valence electrons. The van der Waals surface area contributed by atoms with Crippen molar-refractivity contribution in [3.63, 3.8) is 0 Å². The molecule has 1 aromatic carbocycles. The molecule has 0 amide bonds. The summed E-state index contributed by atoms with van der Waals surface area (Å²) in [7, 11) is 0. The van der Waals surface area contributed by atoms with Crippen molar-refractivity contribution < 1.29 is 5.11 Å². The van der Waals surface area contributed by atoms with Gasteiger partial charge in [0, 0.05) is 18.7 Å². The number of hydrogen-bond donors (Lipinski definition) is 1. The van der Waals surface area contributed by atoms with Crippen LogP contribution in [0.2, 0.25) is 0 Å². The molecule has 1 N–H and O–H groups in total. The average molecular weight is 258 g/mol. The number of benzene rings is 1. The van der Waals surface area contributed by atoms with Gasteiger partial charge >= 0.3 is 0 Å². The Morgan fingerprint density at radius 2 is 2.00 bits per heavy atom. The second-order valence-corrected chi connectivity index (χ2v) is 4.87. The lowest BCUT2D eigenvalue weighted by Crippen LogP contribution is -2.10. The van der Waals surface area contributed by atoms with Gasteiger partial charge in [-0.15, -0.1) is 0 Å². The molecule has 0 saturated heterocycles. The fourth-order valence-corrected chi connectivity index (χ4v) is 2.53. The fourth-order valence-electron chi connectivity index (χ4n) is 2.53. The maximum absolute atomic E-state index is 10.5. The maximum atomic E-state index is 10.5. The summed E-state index contributed by atoms with van der Waals surface area (Å²) in [5.41, 5.74) is 4.35. The third-order valence-corrected chi connectivity index (χ3v) is 3.48. The van der Waals surface area contributed by atoms with Gasteiger partial charge in [-0.3, -0.25) is 4.68 Å². The Balaban J connectivity index is 2.22. The zero-order valence-electron chi connectivity index (χ0n) is 11.9. The zero-order chi connectivity index (χ0) is 13.8. The summed E-state index contributed by atoms with van der Waals surface area (Å²) < 4.78 is 1.97. The van der Waals surface area contributed by atoms with Crippen molar-refractivity contribution in [2.75, 3.05) is 0 Å². The van der Waals surface area contributed by atoms with Crippen molar-refractivity contribution in [3.05, 3.63) is 52.8 Å². The number of aliphatic hydroxyl groups is 1. The van der Waals surface area contributed by atoms with E-state index in [1.54, 1.807) is 0 Å². The molecule has 2 rings (SSSR count). The minimum absolute atomic E-state index is 0.461. The van der Waals surface area contributed by atoms with Crippen molar-refractivity contribution in [2.45, 2.75) is 46.3 Å². The van der Waals surface area contributed by atoms with Crippen LogP contribution in [0.15, 0.2) is 30.3 Å². The van der Waals surface area contributed by atoms with Crippen LogP contribution in [-0.4, -0.2) is 14.9 Å². The predicted octanol–water partition coefficient (Wildman–Crippen LogP) is 3.05. The van der Waals surface area contributed by atoms with Gasteiger partial charge < -0.3 is 5.11 Å². The Labute approximate surface area is 114 Å². The first-order valence-electron chi connectivity index (χ1n) is 6.94. The molecule has 3 nitrogen and oxygen atoms in total. The molecule has 0 spiro atoms. The number of rotatable bonds is 5. The second-order valence-electron chi connectivity index (χ2n) is 4.87. The van der Waals surface area contributed by atoms with Crippen molar-refractivity contribution in [3.8, 4) is 0 Å². The molecular formula is C16H22N2O. The van der Waals surface area contributed by atoms with Crippen LogP contribution in [-0.2, 0) is 19.4 Å². The lowest BCUT2D eigenvalue weighted by atomic mass is 9.97. The van der Waals surface area contributed by atoms with Gasteiger partial charge in [-0.2, -0.15) is 5.10 Å². The van der Waals surface area contributed by atoms with Gasteiger partial charge in [0.15, 0.2) is 0 Å². The lowest BCUT2D eigenvalue weighted by molar-refractivity contribution is 0.174. The second kappa shape index (κ2) is 6.02. The number of aryl methyl sites for hydroxylation is 3. The normalized spacial score (nSPS) is 12.6. The molecule has 0 fully saturated rings. The van der Waals surface area contributed by atoms with Crippen LogP contribution in [0.5, 0.6) is 0 Å². The summed E-state index contributed by atoms with van der Waals surface area (Å²) >= 11 is 0. The summed E-state index contributed by atoms with van der Waals surface area (Å²) in [5, 5.41) is 14.9. The van der Waals surface area contributed by atoms with Crippen LogP contribution in [0, 0.1) is 6.92 Å². The highest BCUT2D eigenvalue weighted by atomic mass is 16.3. The molecule has 0 bridgehead atoms. The van der Waals surface area contributed by atoms with Crippen LogP contribution in [0.4, 0.5) is 0 Å². The molecular weight excluding hydrogens is 236 g/mol. The highest BCUT2D eigenvalue weighted by molar-refractivity contribution is 5.30. The van der Waals surface area contributed by atoms with Crippen molar-refractivity contribution in [2.24, 2.45) is 0 Å². The van der Waals surface area contributed by atoms with Crippen molar-refractivity contribution >= 4 is 0 Å². The molecule has 1 unspecified atom stereocenters. The van der Waals surface area contributed by atoms with Gasteiger partial charge in [0.2, 0.25) is 0 Å². The quantitative estimate of drug-likeness (QED) is 0.895. The summed E-state index contributed by atoms with van der Waals surface area (Å²) in [5.74, 6) is 0. The van der Waals surface area contributed by atoms with Gasteiger partial charge in [0.25, 0.3) is 0 Å². The van der Waals surface area contributed by atoms with E-state index in [2.05, 4.69) is 31.1 Å².